The van der Waals surface area contributed by atoms with Crippen molar-refractivity contribution < 1.29 is 4.79 Å². The van der Waals surface area contributed by atoms with Gasteiger partial charge in [-0.1, -0.05) is 19.3 Å². The minimum atomic E-state index is -0.269. The highest BCUT2D eigenvalue weighted by Gasteiger charge is 2.25. The molecule has 0 saturated heterocycles. The number of carbonyl (C=O) groups is 1. The first-order valence-electron chi connectivity index (χ1n) is 6.57. The van der Waals surface area contributed by atoms with Crippen molar-refractivity contribution in [1.29, 1.82) is 0 Å². The fourth-order valence-electron chi connectivity index (χ4n) is 2.63. The number of nitrogens with two attached hydrogens (primary N) is 1. The van der Waals surface area contributed by atoms with E-state index in [-0.39, 0.29) is 11.9 Å². The Labute approximate surface area is 107 Å². The number of rotatable bonds is 5. The standard InChI is InChI=1S/C13H20N4O/c14-12(18)9-11(10-5-2-1-3-6-10)17-13-15-7-4-8-16-13/h4,7-8,10-11H,1-3,5-6,9H2,(H2,14,18)(H,15,16,17)/t11-/m0/s1. The van der Waals surface area contributed by atoms with Crippen molar-refractivity contribution in [3.63, 3.8) is 0 Å². The zero-order valence-electron chi connectivity index (χ0n) is 10.5. The Morgan fingerprint density at radius 2 is 2.00 bits per heavy atom. The van der Waals surface area contributed by atoms with Crippen molar-refractivity contribution in [1.82, 2.24) is 9.97 Å². The molecule has 18 heavy (non-hydrogen) atoms. The van der Waals surface area contributed by atoms with E-state index in [0.717, 1.165) is 12.8 Å². The van der Waals surface area contributed by atoms with E-state index in [0.29, 0.717) is 18.3 Å². The molecule has 1 aromatic rings. The summed E-state index contributed by atoms with van der Waals surface area (Å²) in [6.07, 6.45) is 9.80. The van der Waals surface area contributed by atoms with Crippen molar-refractivity contribution in [3.8, 4) is 0 Å². The Bertz CT molecular complexity index is 376. The first-order chi connectivity index (χ1) is 8.75. The Morgan fingerprint density at radius 3 is 2.61 bits per heavy atom. The predicted molar refractivity (Wildman–Crippen MR) is 69.8 cm³/mol. The molecule has 1 fully saturated rings. The van der Waals surface area contributed by atoms with Gasteiger partial charge in [-0.05, 0) is 24.8 Å². The van der Waals surface area contributed by atoms with Gasteiger partial charge in [0.1, 0.15) is 0 Å². The average Bonchev–Trinajstić information content (AvgIpc) is 2.40. The van der Waals surface area contributed by atoms with Crippen LogP contribution in [0.15, 0.2) is 18.5 Å². The Morgan fingerprint density at radius 1 is 1.33 bits per heavy atom. The summed E-state index contributed by atoms with van der Waals surface area (Å²) in [5.74, 6) is 0.804. The number of anilines is 1. The largest absolute Gasteiger partial charge is 0.370 e. The Kier molecular flexibility index (Phi) is 4.50. The van der Waals surface area contributed by atoms with Crippen LogP contribution in [0.25, 0.3) is 0 Å². The van der Waals surface area contributed by atoms with Crippen molar-refractivity contribution >= 4 is 11.9 Å². The number of hydrogen-bond donors (Lipinski definition) is 2. The molecule has 0 bridgehead atoms. The normalized spacial score (nSPS) is 18.2. The maximum atomic E-state index is 11.2. The summed E-state index contributed by atoms with van der Waals surface area (Å²) < 4.78 is 0. The van der Waals surface area contributed by atoms with Gasteiger partial charge >= 0.3 is 0 Å². The molecule has 1 saturated carbocycles. The Hall–Kier alpha value is -1.65. The average molecular weight is 248 g/mol. The van der Waals surface area contributed by atoms with E-state index in [1.54, 1.807) is 18.5 Å². The van der Waals surface area contributed by atoms with Crippen molar-refractivity contribution in [2.45, 2.75) is 44.6 Å². The zero-order chi connectivity index (χ0) is 12.8. The van der Waals surface area contributed by atoms with Gasteiger partial charge < -0.3 is 11.1 Å². The van der Waals surface area contributed by atoms with Crippen LogP contribution >= 0.6 is 0 Å². The molecule has 5 nitrogen and oxygen atoms in total. The van der Waals surface area contributed by atoms with Gasteiger partial charge in [-0.3, -0.25) is 4.79 Å². The molecule has 1 aliphatic carbocycles. The third-order valence-electron chi connectivity index (χ3n) is 3.52. The van der Waals surface area contributed by atoms with E-state index in [1.807, 2.05) is 0 Å². The van der Waals surface area contributed by atoms with Gasteiger partial charge in [0.05, 0.1) is 0 Å². The van der Waals surface area contributed by atoms with Gasteiger partial charge in [0.25, 0.3) is 0 Å². The first kappa shape index (κ1) is 12.8. The lowest BCUT2D eigenvalue weighted by Crippen LogP contribution is -2.35. The van der Waals surface area contributed by atoms with Crippen molar-refractivity contribution in [3.05, 3.63) is 18.5 Å². The smallest absolute Gasteiger partial charge is 0.222 e. The maximum absolute atomic E-state index is 11.2. The van der Waals surface area contributed by atoms with Crippen LogP contribution < -0.4 is 11.1 Å². The van der Waals surface area contributed by atoms with Crippen molar-refractivity contribution in [2.75, 3.05) is 5.32 Å². The summed E-state index contributed by atoms with van der Waals surface area (Å²) in [7, 11) is 0. The minimum Gasteiger partial charge on any atom is -0.370 e. The van der Waals surface area contributed by atoms with E-state index in [9.17, 15) is 4.79 Å². The van der Waals surface area contributed by atoms with Gasteiger partial charge in [0, 0.05) is 24.9 Å². The molecular weight excluding hydrogens is 228 g/mol. The van der Waals surface area contributed by atoms with Crippen molar-refractivity contribution in [2.24, 2.45) is 11.7 Å². The monoisotopic (exact) mass is 248 g/mol. The number of nitrogens with one attached hydrogen (secondary N) is 1. The summed E-state index contributed by atoms with van der Waals surface area (Å²) in [4.78, 5) is 19.5. The summed E-state index contributed by atoms with van der Waals surface area (Å²) in [6.45, 7) is 0. The van der Waals surface area contributed by atoms with Crippen LogP contribution in [0.2, 0.25) is 0 Å². The first-order valence-corrected chi connectivity index (χ1v) is 6.57. The molecule has 98 valence electrons. The molecule has 0 aliphatic heterocycles. The molecule has 5 heteroatoms. The highest BCUT2D eigenvalue weighted by molar-refractivity contribution is 5.74. The van der Waals surface area contributed by atoms with E-state index < -0.39 is 0 Å². The predicted octanol–water partition coefficient (Wildman–Crippen LogP) is 1.71. The van der Waals surface area contributed by atoms with Gasteiger partial charge in [-0.25, -0.2) is 9.97 Å². The van der Waals surface area contributed by atoms with E-state index >= 15 is 0 Å². The van der Waals surface area contributed by atoms with Crippen LogP contribution in [0.5, 0.6) is 0 Å². The minimum absolute atomic E-state index is 0.0604. The molecule has 1 aliphatic rings. The quantitative estimate of drug-likeness (QED) is 0.831. The number of aromatic nitrogens is 2. The van der Waals surface area contributed by atoms with Crippen LogP contribution in [0.4, 0.5) is 5.95 Å². The van der Waals surface area contributed by atoms with E-state index in [1.165, 1.54) is 19.3 Å². The second-order valence-electron chi connectivity index (χ2n) is 4.89. The molecule has 1 atom stereocenters. The lowest BCUT2D eigenvalue weighted by Gasteiger charge is -2.30. The highest BCUT2D eigenvalue weighted by atomic mass is 16.1. The zero-order valence-corrected chi connectivity index (χ0v) is 10.5. The fourth-order valence-corrected chi connectivity index (χ4v) is 2.63. The lowest BCUT2D eigenvalue weighted by molar-refractivity contribution is -0.118. The summed E-state index contributed by atoms with van der Waals surface area (Å²) in [6, 6.07) is 1.83. The number of primary amides is 1. The maximum Gasteiger partial charge on any atom is 0.222 e. The van der Waals surface area contributed by atoms with E-state index in [2.05, 4.69) is 15.3 Å². The molecule has 1 aromatic heterocycles. The molecule has 3 N–H and O–H groups in total. The molecule has 0 radical (unpaired) electrons. The third-order valence-corrected chi connectivity index (χ3v) is 3.52. The number of hydrogen-bond acceptors (Lipinski definition) is 4. The second kappa shape index (κ2) is 6.33. The molecule has 2 rings (SSSR count). The topological polar surface area (TPSA) is 80.9 Å². The molecule has 1 heterocycles. The molecule has 0 aromatic carbocycles. The van der Waals surface area contributed by atoms with Gasteiger partial charge in [0.2, 0.25) is 11.9 Å². The molecule has 1 amide bonds. The second-order valence-corrected chi connectivity index (χ2v) is 4.89. The van der Waals surface area contributed by atoms with Crippen LogP contribution in [0, 0.1) is 5.92 Å². The highest BCUT2D eigenvalue weighted by Crippen LogP contribution is 2.28. The van der Waals surface area contributed by atoms with Gasteiger partial charge in [0.15, 0.2) is 0 Å². The summed E-state index contributed by atoms with van der Waals surface area (Å²) >= 11 is 0. The third kappa shape index (κ3) is 3.68. The van der Waals surface area contributed by atoms with Gasteiger partial charge in [-0.2, -0.15) is 0 Å². The Balaban J connectivity index is 2.02. The lowest BCUT2D eigenvalue weighted by atomic mass is 9.82. The van der Waals surface area contributed by atoms with Crippen LogP contribution in [-0.4, -0.2) is 21.9 Å². The molecule has 0 unspecified atom stereocenters. The number of amides is 1. The number of carbonyl (C=O) groups excluding carboxylic acids is 1. The molecule has 0 spiro atoms. The fraction of sp³-hybridized carbons (Fsp3) is 0.615. The van der Waals surface area contributed by atoms with Crippen LogP contribution in [0.1, 0.15) is 38.5 Å². The SMILES string of the molecule is NC(=O)C[C@H](Nc1ncccn1)C1CCCCC1. The number of nitrogens with zero attached hydrogens (tertiary/aromatic N) is 2. The van der Waals surface area contributed by atoms with Crippen LogP contribution in [0.3, 0.4) is 0 Å². The summed E-state index contributed by atoms with van der Waals surface area (Å²) in [5, 5.41) is 3.26. The van der Waals surface area contributed by atoms with Crippen LogP contribution in [-0.2, 0) is 4.79 Å². The van der Waals surface area contributed by atoms with Gasteiger partial charge in [-0.15, -0.1) is 0 Å². The summed E-state index contributed by atoms with van der Waals surface area (Å²) in [5.41, 5.74) is 5.33. The molecular formula is C13H20N4O. The van der Waals surface area contributed by atoms with E-state index in [4.69, 9.17) is 5.73 Å².